The molecule has 0 aromatic heterocycles. The quantitative estimate of drug-likeness (QED) is 0.374. The van der Waals surface area contributed by atoms with Gasteiger partial charge in [0.05, 0.1) is 6.61 Å². The molecule has 0 radical (unpaired) electrons. The van der Waals surface area contributed by atoms with Crippen LogP contribution in [0.5, 0.6) is 0 Å². The van der Waals surface area contributed by atoms with Gasteiger partial charge in [0.25, 0.3) is 6.57 Å². The summed E-state index contributed by atoms with van der Waals surface area (Å²) in [5.41, 5.74) is 0. The molecule has 1 aliphatic rings. The van der Waals surface area contributed by atoms with Gasteiger partial charge in [0.2, 0.25) is 6.29 Å². The first-order valence-electron chi connectivity index (χ1n) is 3.82. The molecule has 1 heterocycles. The van der Waals surface area contributed by atoms with Crippen molar-refractivity contribution in [3.63, 3.8) is 0 Å². The fraction of sp³-hybridized carbons (Fsp3) is 0.857. The van der Waals surface area contributed by atoms with Crippen molar-refractivity contribution in [2.24, 2.45) is 0 Å². The van der Waals surface area contributed by atoms with Crippen molar-refractivity contribution in [1.82, 2.24) is 0 Å². The average Bonchev–Trinajstić information content (AvgIpc) is 2.12. The van der Waals surface area contributed by atoms with Crippen LogP contribution >= 0.6 is 0 Å². The van der Waals surface area contributed by atoms with Crippen LogP contribution in [0.4, 0.5) is 0 Å². The zero-order valence-corrected chi connectivity index (χ0v) is 6.82. The maximum absolute atomic E-state index is 9.33. The zero-order valence-electron chi connectivity index (χ0n) is 6.82. The third-order valence-corrected chi connectivity index (χ3v) is 2.04. The van der Waals surface area contributed by atoms with Gasteiger partial charge in [-0.05, 0) is 0 Å². The van der Waals surface area contributed by atoms with E-state index in [2.05, 4.69) is 4.85 Å². The zero-order chi connectivity index (χ0) is 10.0. The predicted molar refractivity (Wildman–Crippen MR) is 42.1 cm³/mol. The number of aliphatic hydroxyl groups is 4. The van der Waals surface area contributed by atoms with Crippen molar-refractivity contribution in [1.29, 1.82) is 0 Å². The molecular formula is C7H12NO5+. The van der Waals surface area contributed by atoms with E-state index in [0.717, 1.165) is 0 Å². The average molecular weight is 190 g/mol. The van der Waals surface area contributed by atoms with Crippen LogP contribution in [0.1, 0.15) is 0 Å². The second-order valence-corrected chi connectivity index (χ2v) is 2.87. The number of hydrogen-bond acceptors (Lipinski definition) is 5. The van der Waals surface area contributed by atoms with Gasteiger partial charge in [-0.3, -0.25) is 0 Å². The van der Waals surface area contributed by atoms with Gasteiger partial charge in [0, 0.05) is 0 Å². The molecule has 0 amide bonds. The van der Waals surface area contributed by atoms with Crippen molar-refractivity contribution in [2.45, 2.75) is 30.6 Å². The number of aliphatic hydroxyl groups excluding tert-OH is 4. The Morgan fingerprint density at radius 3 is 2.31 bits per heavy atom. The van der Waals surface area contributed by atoms with E-state index in [1.165, 1.54) is 0 Å². The fourth-order valence-electron chi connectivity index (χ4n) is 1.24. The first-order valence-corrected chi connectivity index (χ1v) is 3.82. The Kier molecular flexibility index (Phi) is 3.19. The minimum Gasteiger partial charge on any atom is -0.394 e. The van der Waals surface area contributed by atoms with E-state index in [1.807, 2.05) is 0 Å². The van der Waals surface area contributed by atoms with E-state index in [-0.39, 0.29) is 0 Å². The highest BCUT2D eigenvalue weighted by atomic mass is 16.6. The van der Waals surface area contributed by atoms with Crippen molar-refractivity contribution >= 4 is 0 Å². The molecule has 0 saturated carbocycles. The third-order valence-electron chi connectivity index (χ3n) is 2.04. The minimum atomic E-state index is -1.40. The molecule has 5 atom stereocenters. The van der Waals surface area contributed by atoms with Crippen molar-refractivity contribution in [3.8, 4) is 6.57 Å². The van der Waals surface area contributed by atoms with Gasteiger partial charge in [-0.1, -0.05) is 4.85 Å². The molecule has 5 unspecified atom stereocenters. The van der Waals surface area contributed by atoms with Crippen LogP contribution in [0.2, 0.25) is 0 Å². The van der Waals surface area contributed by atoms with E-state index in [1.54, 1.807) is 0 Å². The van der Waals surface area contributed by atoms with Gasteiger partial charge in [0.15, 0.2) is 6.10 Å². The van der Waals surface area contributed by atoms with Gasteiger partial charge in [-0.15, -0.1) is 0 Å². The summed E-state index contributed by atoms with van der Waals surface area (Å²) in [5.74, 6) is 0. The Morgan fingerprint density at radius 1 is 1.23 bits per heavy atom. The molecule has 74 valence electrons. The lowest BCUT2D eigenvalue weighted by atomic mass is 9.98. The van der Waals surface area contributed by atoms with Gasteiger partial charge >= 0.3 is 6.04 Å². The fourth-order valence-corrected chi connectivity index (χ4v) is 1.24. The third kappa shape index (κ3) is 1.80. The van der Waals surface area contributed by atoms with Crippen LogP contribution in [0.3, 0.4) is 0 Å². The monoisotopic (exact) mass is 190 g/mol. The SMILES string of the molecule is C#[N+]C1C(O)OC(CO)C(O)C1O. The molecule has 0 aromatic rings. The highest BCUT2D eigenvalue weighted by Gasteiger charge is 2.49. The minimum absolute atomic E-state index is 0.493. The molecule has 4 N–H and O–H groups in total. The summed E-state index contributed by atoms with van der Waals surface area (Å²) in [7, 11) is 0. The van der Waals surface area contributed by atoms with Crippen LogP contribution in [-0.2, 0) is 4.74 Å². The summed E-state index contributed by atoms with van der Waals surface area (Å²) < 4.78 is 4.74. The predicted octanol–water partition coefficient (Wildman–Crippen LogP) is -2.25. The molecule has 0 aromatic carbocycles. The van der Waals surface area contributed by atoms with Gasteiger partial charge < -0.3 is 25.2 Å². The largest absolute Gasteiger partial charge is 0.394 e. The molecule has 0 aliphatic carbocycles. The topological polar surface area (TPSA) is 94.5 Å². The van der Waals surface area contributed by atoms with Gasteiger partial charge in [-0.2, -0.15) is 0 Å². The molecule has 1 rings (SSSR count). The molecule has 1 saturated heterocycles. The maximum Gasteiger partial charge on any atom is 0.349 e. The first kappa shape index (κ1) is 10.4. The van der Waals surface area contributed by atoms with E-state index in [4.69, 9.17) is 16.4 Å². The first-order chi connectivity index (χ1) is 6.11. The lowest BCUT2D eigenvalue weighted by Crippen LogP contribution is -2.57. The summed E-state index contributed by atoms with van der Waals surface area (Å²) in [5, 5.41) is 36.5. The van der Waals surface area contributed by atoms with E-state index < -0.39 is 37.3 Å². The number of ether oxygens (including phenoxy) is 1. The normalized spacial score (nSPS) is 45.6. The standard InChI is InChI=1S/C7H12NO5/c1-8-4-6(11)5(10)3(2-9)13-7(4)12/h1,3-7,9-12H,2H2/q+1. The Morgan fingerprint density at radius 2 is 1.85 bits per heavy atom. The Labute approximate surface area is 74.8 Å². The highest BCUT2D eigenvalue weighted by molar-refractivity contribution is 4.99. The summed E-state index contributed by atoms with van der Waals surface area (Å²) >= 11 is 0. The molecule has 1 aliphatic heterocycles. The van der Waals surface area contributed by atoms with Gasteiger partial charge in [-0.25, -0.2) is 0 Å². The van der Waals surface area contributed by atoms with Crippen LogP contribution in [0.15, 0.2) is 0 Å². The van der Waals surface area contributed by atoms with Crippen LogP contribution in [0, 0.1) is 6.57 Å². The maximum atomic E-state index is 9.33. The number of nitrogens with zero attached hydrogens (tertiary/aromatic N) is 1. The number of rotatable bonds is 1. The van der Waals surface area contributed by atoms with Crippen LogP contribution in [0.25, 0.3) is 4.85 Å². The molecular weight excluding hydrogens is 178 g/mol. The van der Waals surface area contributed by atoms with Crippen LogP contribution in [-0.4, -0.2) is 57.7 Å². The Balaban J connectivity index is 2.74. The summed E-state index contributed by atoms with van der Waals surface area (Å²) in [6.45, 7) is 4.39. The van der Waals surface area contributed by atoms with E-state index >= 15 is 0 Å². The van der Waals surface area contributed by atoms with E-state index in [0.29, 0.717) is 0 Å². The van der Waals surface area contributed by atoms with Crippen molar-refractivity contribution in [2.75, 3.05) is 6.61 Å². The Bertz CT molecular complexity index is 215. The second-order valence-electron chi connectivity index (χ2n) is 2.87. The summed E-state index contributed by atoms with van der Waals surface area (Å²) in [6.07, 6.45) is -5.04. The smallest absolute Gasteiger partial charge is 0.349 e. The molecule has 6 heteroatoms. The lowest BCUT2D eigenvalue weighted by molar-refractivity contribution is -0.242. The highest BCUT2D eigenvalue weighted by Crippen LogP contribution is 2.21. The molecule has 6 nitrogen and oxygen atoms in total. The summed E-state index contributed by atoms with van der Waals surface area (Å²) in [6, 6.07) is -1.09. The summed E-state index contributed by atoms with van der Waals surface area (Å²) in [4.78, 5) is 3.16. The Hall–Kier alpha value is -0.710. The molecule has 0 bridgehead atoms. The van der Waals surface area contributed by atoms with Crippen molar-refractivity contribution in [3.05, 3.63) is 4.85 Å². The molecule has 13 heavy (non-hydrogen) atoms. The van der Waals surface area contributed by atoms with E-state index in [9.17, 15) is 15.3 Å². The number of hydrogen-bond donors (Lipinski definition) is 4. The van der Waals surface area contributed by atoms with Crippen LogP contribution < -0.4 is 0 Å². The molecule has 1 fully saturated rings. The molecule has 0 spiro atoms. The van der Waals surface area contributed by atoms with Gasteiger partial charge in [0.1, 0.15) is 12.2 Å². The second kappa shape index (κ2) is 4.00. The van der Waals surface area contributed by atoms with Crippen molar-refractivity contribution < 1.29 is 25.2 Å². The lowest BCUT2D eigenvalue weighted by Gasteiger charge is -2.32.